The Labute approximate surface area is 198 Å². The van der Waals surface area contributed by atoms with Crippen molar-refractivity contribution in [2.75, 3.05) is 5.32 Å². The molecule has 0 atom stereocenters. The molecule has 1 saturated carbocycles. The van der Waals surface area contributed by atoms with Crippen LogP contribution in [0.1, 0.15) is 23.3 Å². The lowest BCUT2D eigenvalue weighted by Crippen LogP contribution is -2.40. The van der Waals surface area contributed by atoms with Crippen molar-refractivity contribution < 1.29 is 13.6 Å². The highest BCUT2D eigenvalue weighted by Gasteiger charge is 2.48. The van der Waals surface area contributed by atoms with E-state index in [9.17, 15) is 13.6 Å². The van der Waals surface area contributed by atoms with Crippen LogP contribution in [0, 0.1) is 5.92 Å². The molecule has 9 heteroatoms. The van der Waals surface area contributed by atoms with Crippen LogP contribution in [-0.4, -0.2) is 36.9 Å². The van der Waals surface area contributed by atoms with Gasteiger partial charge in [-0.2, -0.15) is 5.10 Å². The molecule has 6 rings (SSSR count). The fraction of sp³-hybridized carbons (Fsp3) is 0.154. The molecule has 0 radical (unpaired) electrons. The van der Waals surface area contributed by atoms with Crippen LogP contribution < -0.4 is 5.32 Å². The van der Waals surface area contributed by atoms with Gasteiger partial charge in [0.05, 0.1) is 11.9 Å². The van der Waals surface area contributed by atoms with Gasteiger partial charge in [0.1, 0.15) is 5.82 Å². The summed E-state index contributed by atoms with van der Waals surface area (Å²) in [5.41, 5.74) is 4.80. The van der Waals surface area contributed by atoms with Gasteiger partial charge in [0, 0.05) is 58.9 Å². The first kappa shape index (κ1) is 21.2. The quantitative estimate of drug-likeness (QED) is 0.265. The summed E-state index contributed by atoms with van der Waals surface area (Å²) >= 11 is 0. The molecule has 5 aromatic rings. The minimum absolute atomic E-state index is 0.269. The van der Waals surface area contributed by atoms with E-state index < -0.39 is 11.8 Å². The molecule has 0 spiro atoms. The summed E-state index contributed by atoms with van der Waals surface area (Å²) in [6.45, 7) is 0. The summed E-state index contributed by atoms with van der Waals surface area (Å²) < 4.78 is 26.3. The fourth-order valence-electron chi connectivity index (χ4n) is 4.34. The van der Waals surface area contributed by atoms with Crippen LogP contribution in [0.2, 0.25) is 0 Å². The number of fused-ring (bicyclic) bond motifs is 1. The number of rotatable bonds is 6. The van der Waals surface area contributed by atoms with Gasteiger partial charge in [-0.05, 0) is 35.9 Å². The van der Waals surface area contributed by atoms with E-state index in [1.54, 1.807) is 24.5 Å². The summed E-state index contributed by atoms with van der Waals surface area (Å²) in [7, 11) is 0. The van der Waals surface area contributed by atoms with Crippen LogP contribution in [-0.2, 0) is 0 Å². The number of hydrogen-bond donors (Lipinski definition) is 3. The van der Waals surface area contributed by atoms with E-state index in [0.29, 0.717) is 17.3 Å². The van der Waals surface area contributed by atoms with E-state index in [4.69, 9.17) is 0 Å². The summed E-state index contributed by atoms with van der Waals surface area (Å²) in [6, 6.07) is 17.0. The molecule has 3 heterocycles. The molecule has 3 aromatic heterocycles. The summed E-state index contributed by atoms with van der Waals surface area (Å²) in [5.74, 6) is -2.46. The number of aromatic amines is 2. The molecule has 1 aliphatic rings. The first-order valence-corrected chi connectivity index (χ1v) is 11.2. The average molecular weight is 470 g/mol. The average Bonchev–Trinajstić information content (AvgIpc) is 3.52. The molecule has 0 aliphatic heterocycles. The van der Waals surface area contributed by atoms with Gasteiger partial charge in [-0.3, -0.25) is 9.89 Å². The van der Waals surface area contributed by atoms with Gasteiger partial charge >= 0.3 is 0 Å². The largest absolute Gasteiger partial charge is 0.352 e. The van der Waals surface area contributed by atoms with Crippen molar-refractivity contribution >= 4 is 28.2 Å². The molecule has 0 unspecified atom stereocenters. The molecular weight excluding hydrogens is 450 g/mol. The maximum absolute atomic E-state index is 13.2. The molecule has 0 saturated heterocycles. The second-order valence-corrected chi connectivity index (χ2v) is 8.77. The maximum Gasteiger partial charge on any atom is 0.249 e. The van der Waals surface area contributed by atoms with Crippen LogP contribution in [0.15, 0.2) is 73.2 Å². The lowest BCUT2D eigenvalue weighted by molar-refractivity contribution is -0.0982. The molecule has 2 aromatic carbocycles. The fourth-order valence-corrected chi connectivity index (χ4v) is 4.34. The number of Topliss-reactive ketones (excluding diaryl/α,β-unsaturated/α-hetero) is 1. The van der Waals surface area contributed by atoms with Crippen LogP contribution in [0.3, 0.4) is 0 Å². The molecule has 1 fully saturated rings. The Morgan fingerprint density at radius 1 is 1.00 bits per heavy atom. The highest BCUT2D eigenvalue weighted by atomic mass is 19.3. The van der Waals surface area contributed by atoms with Crippen molar-refractivity contribution in [3.05, 3.63) is 78.9 Å². The van der Waals surface area contributed by atoms with Gasteiger partial charge in [-0.25, -0.2) is 18.7 Å². The zero-order valence-corrected chi connectivity index (χ0v) is 18.4. The van der Waals surface area contributed by atoms with Crippen molar-refractivity contribution in [1.82, 2.24) is 25.1 Å². The number of carbonyl (C=O) groups is 1. The predicted molar refractivity (Wildman–Crippen MR) is 129 cm³/mol. The third-order valence-corrected chi connectivity index (χ3v) is 6.25. The number of halogens is 2. The van der Waals surface area contributed by atoms with E-state index in [2.05, 4.69) is 30.5 Å². The first-order valence-electron chi connectivity index (χ1n) is 11.2. The summed E-state index contributed by atoms with van der Waals surface area (Å²) in [6.07, 6.45) is 4.52. The lowest BCUT2D eigenvalue weighted by Gasteiger charge is -2.33. The van der Waals surface area contributed by atoms with Crippen LogP contribution >= 0.6 is 0 Å². The number of anilines is 2. The van der Waals surface area contributed by atoms with E-state index in [-0.39, 0.29) is 18.6 Å². The number of hydrogen-bond acceptors (Lipinski definition) is 5. The predicted octanol–water partition coefficient (Wildman–Crippen LogP) is 5.99. The smallest absolute Gasteiger partial charge is 0.249 e. The number of aromatic nitrogens is 5. The highest BCUT2D eigenvalue weighted by Crippen LogP contribution is 2.44. The Balaban J connectivity index is 1.21. The van der Waals surface area contributed by atoms with Gasteiger partial charge in [-0.15, -0.1) is 0 Å². The molecule has 3 N–H and O–H groups in total. The third kappa shape index (κ3) is 4.16. The molecule has 0 amide bonds. The number of ketones is 1. The van der Waals surface area contributed by atoms with Crippen molar-refractivity contribution in [2.45, 2.75) is 18.8 Å². The summed E-state index contributed by atoms with van der Waals surface area (Å²) in [4.78, 5) is 24.6. The van der Waals surface area contributed by atoms with Crippen molar-refractivity contribution in [2.24, 2.45) is 5.92 Å². The molecule has 35 heavy (non-hydrogen) atoms. The lowest BCUT2D eigenvalue weighted by atomic mass is 9.78. The molecule has 0 bridgehead atoms. The minimum Gasteiger partial charge on any atom is -0.352 e. The topological polar surface area (TPSA) is 99.3 Å². The Bertz CT molecular complexity index is 1520. The molecule has 7 nitrogen and oxygen atoms in total. The summed E-state index contributed by atoms with van der Waals surface area (Å²) in [5, 5.41) is 10.9. The maximum atomic E-state index is 13.2. The van der Waals surface area contributed by atoms with Crippen molar-refractivity contribution in [1.29, 1.82) is 0 Å². The number of alkyl halides is 2. The Kier molecular flexibility index (Phi) is 4.91. The highest BCUT2D eigenvalue weighted by molar-refractivity contribution is 6.01. The van der Waals surface area contributed by atoms with E-state index in [1.807, 2.05) is 48.7 Å². The third-order valence-electron chi connectivity index (χ3n) is 6.25. The standard InChI is InChI=1S/C26H20F2N6O/c27-26(28)11-18(12-26)24(35)22-9-16-1-2-17(10-21(16)33-22)25-29-8-7-23(34-25)32-20-5-3-15(4-6-20)19-13-30-31-14-19/h1-10,13-14,18,33H,11-12H2,(H,30,31)(H,29,32,34). The number of nitrogens with one attached hydrogen (secondary N) is 3. The van der Waals surface area contributed by atoms with E-state index in [0.717, 1.165) is 33.3 Å². The number of carbonyl (C=O) groups excluding carboxylic acids is 1. The van der Waals surface area contributed by atoms with Gasteiger partial charge < -0.3 is 10.3 Å². The van der Waals surface area contributed by atoms with Gasteiger partial charge in [0.15, 0.2) is 11.6 Å². The van der Waals surface area contributed by atoms with Crippen molar-refractivity contribution in [3.63, 3.8) is 0 Å². The first-order chi connectivity index (χ1) is 16.9. The number of benzene rings is 2. The Morgan fingerprint density at radius 2 is 1.80 bits per heavy atom. The van der Waals surface area contributed by atoms with Crippen LogP contribution in [0.4, 0.5) is 20.3 Å². The minimum atomic E-state index is -2.72. The monoisotopic (exact) mass is 470 g/mol. The van der Waals surface area contributed by atoms with Crippen LogP contribution in [0.5, 0.6) is 0 Å². The molecule has 174 valence electrons. The van der Waals surface area contributed by atoms with Crippen LogP contribution in [0.25, 0.3) is 33.4 Å². The SMILES string of the molecule is O=C(c1cc2ccc(-c3nccc(Nc4ccc(-c5cn[nH]c5)cc4)n3)cc2[nH]1)C1CC(F)(F)C1. The van der Waals surface area contributed by atoms with E-state index in [1.165, 1.54) is 0 Å². The van der Waals surface area contributed by atoms with Gasteiger partial charge in [-0.1, -0.05) is 24.3 Å². The van der Waals surface area contributed by atoms with Gasteiger partial charge in [0.2, 0.25) is 5.92 Å². The zero-order valence-electron chi connectivity index (χ0n) is 18.4. The van der Waals surface area contributed by atoms with Crippen molar-refractivity contribution in [3.8, 4) is 22.5 Å². The molecular formula is C26H20F2N6O. The van der Waals surface area contributed by atoms with Gasteiger partial charge in [0.25, 0.3) is 0 Å². The Morgan fingerprint density at radius 3 is 2.54 bits per heavy atom. The zero-order chi connectivity index (χ0) is 24.0. The molecule has 1 aliphatic carbocycles. The normalized spacial score (nSPS) is 15.1. The second kappa shape index (κ2) is 8.12. The number of nitrogens with zero attached hydrogens (tertiary/aromatic N) is 3. The second-order valence-electron chi connectivity index (χ2n) is 8.77. The Hall–Kier alpha value is -4.40. The van der Waals surface area contributed by atoms with E-state index >= 15 is 0 Å². The number of H-pyrrole nitrogens is 2.